The third-order valence-electron chi connectivity index (χ3n) is 7.13. The Balaban J connectivity index is 1.22. The van der Waals surface area contributed by atoms with E-state index in [2.05, 4.69) is 21.9 Å². The van der Waals surface area contributed by atoms with E-state index >= 15 is 0 Å². The molecule has 1 aromatic carbocycles. The number of hydrogen-bond donors (Lipinski definition) is 0. The van der Waals surface area contributed by atoms with Gasteiger partial charge in [-0.1, -0.05) is 12.6 Å². The Labute approximate surface area is 218 Å². The van der Waals surface area contributed by atoms with Gasteiger partial charge >= 0.3 is 12.2 Å². The van der Waals surface area contributed by atoms with E-state index in [-0.39, 0.29) is 35.7 Å². The molecule has 9 nitrogen and oxygen atoms in total. The van der Waals surface area contributed by atoms with E-state index in [1.807, 2.05) is 23.8 Å². The molecule has 200 valence electrons. The second kappa shape index (κ2) is 10.1. The van der Waals surface area contributed by atoms with Gasteiger partial charge in [-0.05, 0) is 36.5 Å². The predicted molar refractivity (Wildman–Crippen MR) is 134 cm³/mol. The summed E-state index contributed by atoms with van der Waals surface area (Å²) in [5.74, 6) is 0.783. The maximum atomic E-state index is 13.9. The Hall–Kier alpha value is -3.93. The molecule has 0 radical (unpaired) electrons. The lowest BCUT2D eigenvalue weighted by Crippen LogP contribution is -2.36. The van der Waals surface area contributed by atoms with Crippen molar-refractivity contribution in [2.75, 3.05) is 38.1 Å². The van der Waals surface area contributed by atoms with E-state index in [9.17, 15) is 18.0 Å². The van der Waals surface area contributed by atoms with Crippen molar-refractivity contribution >= 4 is 11.7 Å². The summed E-state index contributed by atoms with van der Waals surface area (Å²) < 4.78 is 48.6. The topological polar surface area (TPSA) is 79.6 Å². The average molecular weight is 528 g/mol. The number of aromatic nitrogens is 4. The van der Waals surface area contributed by atoms with Gasteiger partial charge in [-0.25, -0.2) is 4.79 Å². The number of fused-ring (bicyclic) bond motifs is 1. The van der Waals surface area contributed by atoms with Crippen LogP contribution in [0.5, 0.6) is 11.5 Å². The van der Waals surface area contributed by atoms with Gasteiger partial charge in [0.1, 0.15) is 11.5 Å². The van der Waals surface area contributed by atoms with Crippen LogP contribution in [-0.2, 0) is 12.7 Å². The van der Waals surface area contributed by atoms with Crippen molar-refractivity contribution in [2.24, 2.45) is 11.8 Å². The van der Waals surface area contributed by atoms with Gasteiger partial charge in [0.05, 0.1) is 36.0 Å². The summed E-state index contributed by atoms with van der Waals surface area (Å²) in [6.45, 7) is 8.26. The fourth-order valence-electron chi connectivity index (χ4n) is 5.07. The molecule has 2 aliphatic rings. The molecule has 12 heteroatoms. The maximum Gasteiger partial charge on any atom is 0.416 e. The number of allylic oxidation sites excluding steroid dienone is 1. The number of carbonyl (C=O) groups is 1. The molecule has 1 amide bonds. The van der Waals surface area contributed by atoms with Crippen molar-refractivity contribution < 1.29 is 22.7 Å². The first kappa shape index (κ1) is 25.7. The minimum atomic E-state index is -4.52. The molecule has 2 atom stereocenters. The minimum absolute atomic E-state index is 0.0812. The molecule has 2 fully saturated rings. The number of anilines is 1. The third-order valence-corrected chi connectivity index (χ3v) is 7.13. The van der Waals surface area contributed by atoms with E-state index in [1.54, 1.807) is 17.3 Å². The van der Waals surface area contributed by atoms with Crippen molar-refractivity contribution in [1.29, 1.82) is 0 Å². The largest absolute Gasteiger partial charge is 0.456 e. The highest BCUT2D eigenvalue weighted by atomic mass is 19.4. The van der Waals surface area contributed by atoms with Crippen LogP contribution in [0, 0.1) is 11.8 Å². The summed E-state index contributed by atoms with van der Waals surface area (Å²) in [4.78, 5) is 18.6. The van der Waals surface area contributed by atoms with Crippen molar-refractivity contribution in [3.8, 4) is 11.5 Å². The molecule has 38 heavy (non-hydrogen) atoms. The zero-order valence-corrected chi connectivity index (χ0v) is 21.1. The van der Waals surface area contributed by atoms with Crippen molar-refractivity contribution in [2.45, 2.75) is 19.6 Å². The van der Waals surface area contributed by atoms with Gasteiger partial charge in [0.25, 0.3) is 0 Å². The van der Waals surface area contributed by atoms with Gasteiger partial charge in [-0.2, -0.15) is 33.1 Å². The fraction of sp³-hybridized carbons (Fsp3) is 0.385. The van der Waals surface area contributed by atoms with E-state index in [0.717, 1.165) is 17.5 Å². The summed E-state index contributed by atoms with van der Waals surface area (Å²) in [5.41, 5.74) is 1.07. The summed E-state index contributed by atoms with van der Waals surface area (Å²) in [7, 11) is 1.85. The molecule has 0 bridgehead atoms. The smallest absolute Gasteiger partial charge is 0.416 e. The van der Waals surface area contributed by atoms with Crippen LogP contribution in [0.4, 0.5) is 23.7 Å². The number of halogens is 3. The number of ether oxygens (including phenoxy) is 1. The molecule has 0 spiro atoms. The lowest BCUT2D eigenvalue weighted by molar-refractivity contribution is -0.138. The third kappa shape index (κ3) is 5.35. The summed E-state index contributed by atoms with van der Waals surface area (Å²) in [5, 5.41) is 11.5. The highest BCUT2D eigenvalue weighted by molar-refractivity contribution is 5.77. The number of rotatable bonds is 6. The summed E-state index contributed by atoms with van der Waals surface area (Å²) in [6.07, 6.45) is 1.51. The van der Waals surface area contributed by atoms with E-state index < -0.39 is 11.7 Å². The number of amides is 1. The Kier molecular flexibility index (Phi) is 6.82. The van der Waals surface area contributed by atoms with E-state index in [4.69, 9.17) is 4.74 Å². The molecule has 2 unspecified atom stereocenters. The standard InChI is InChI=1S/C26H28F3N7O2/c1-17(2)33(3)21-9-32-36(16-21)25(37)35-14-19-12-34(13-20(19)15-35)11-18-4-5-22(8-24(18)26(27,28)29)38-23-6-7-30-31-10-23/h4-10,16,19-20H,1,11-15H2,2-3H3. The van der Waals surface area contributed by atoms with Crippen LogP contribution >= 0.6 is 0 Å². The van der Waals surface area contributed by atoms with Gasteiger partial charge in [0.2, 0.25) is 0 Å². The molecular formula is C26H28F3N7O2. The van der Waals surface area contributed by atoms with Crippen LogP contribution in [0.2, 0.25) is 0 Å². The lowest BCUT2D eigenvalue weighted by atomic mass is 10.0. The Morgan fingerprint density at radius 3 is 2.47 bits per heavy atom. The maximum absolute atomic E-state index is 13.9. The van der Waals surface area contributed by atoms with Gasteiger partial charge in [0.15, 0.2) is 0 Å². The molecule has 5 rings (SSSR count). The molecule has 4 heterocycles. The summed E-state index contributed by atoms with van der Waals surface area (Å²) >= 11 is 0. The van der Waals surface area contributed by atoms with Crippen LogP contribution in [0.1, 0.15) is 18.1 Å². The second-order valence-corrected chi connectivity index (χ2v) is 9.84. The normalized spacial score (nSPS) is 19.4. The van der Waals surface area contributed by atoms with Gasteiger partial charge in [-0.3, -0.25) is 4.90 Å². The monoisotopic (exact) mass is 527 g/mol. The first-order valence-corrected chi connectivity index (χ1v) is 12.2. The predicted octanol–water partition coefficient (Wildman–Crippen LogP) is 4.49. The molecular weight excluding hydrogens is 499 g/mol. The SMILES string of the molecule is C=C(C)N(C)c1cnn(C(=O)N2CC3CN(Cc4ccc(Oc5ccnnc5)cc4C(F)(F)F)CC3C2)c1. The van der Waals surface area contributed by atoms with Crippen molar-refractivity contribution in [3.63, 3.8) is 0 Å². The summed E-state index contributed by atoms with van der Waals surface area (Å²) in [6, 6.07) is 5.35. The lowest BCUT2D eigenvalue weighted by Gasteiger charge is -2.23. The van der Waals surface area contributed by atoms with Crippen LogP contribution in [-0.4, -0.2) is 69.0 Å². The molecule has 0 saturated carbocycles. The Bertz CT molecular complexity index is 1310. The van der Waals surface area contributed by atoms with Crippen LogP contribution in [0.25, 0.3) is 0 Å². The molecule has 3 aromatic rings. The molecule has 2 aromatic heterocycles. The second-order valence-electron chi connectivity index (χ2n) is 9.84. The average Bonchev–Trinajstić information content (AvgIpc) is 3.59. The Morgan fingerprint density at radius 2 is 1.84 bits per heavy atom. The number of alkyl halides is 3. The van der Waals surface area contributed by atoms with E-state index in [1.165, 1.54) is 35.3 Å². The van der Waals surface area contributed by atoms with Crippen LogP contribution in [0.3, 0.4) is 0 Å². The number of benzene rings is 1. The molecule has 0 aliphatic carbocycles. The number of nitrogens with zero attached hydrogens (tertiary/aromatic N) is 7. The van der Waals surface area contributed by atoms with Crippen molar-refractivity contribution in [3.05, 3.63) is 72.5 Å². The molecule has 2 aliphatic heterocycles. The quantitative estimate of drug-likeness (QED) is 0.468. The van der Waals surface area contributed by atoms with Gasteiger partial charge in [-0.15, -0.1) is 0 Å². The number of carbonyl (C=O) groups excluding carboxylic acids is 1. The van der Waals surface area contributed by atoms with Gasteiger partial charge in [0, 0.05) is 51.5 Å². The number of likely N-dealkylation sites (tertiary alicyclic amines) is 2. The zero-order chi connectivity index (χ0) is 27.0. The van der Waals surface area contributed by atoms with Crippen molar-refractivity contribution in [1.82, 2.24) is 29.8 Å². The highest BCUT2D eigenvalue weighted by Gasteiger charge is 2.43. The van der Waals surface area contributed by atoms with Crippen LogP contribution < -0.4 is 9.64 Å². The number of hydrogen-bond acceptors (Lipinski definition) is 7. The zero-order valence-electron chi connectivity index (χ0n) is 21.1. The van der Waals surface area contributed by atoms with Crippen LogP contribution in [0.15, 0.2) is 61.3 Å². The Morgan fingerprint density at radius 1 is 1.11 bits per heavy atom. The first-order chi connectivity index (χ1) is 18.1. The first-order valence-electron chi connectivity index (χ1n) is 12.2. The fourth-order valence-corrected chi connectivity index (χ4v) is 5.07. The van der Waals surface area contributed by atoms with E-state index in [0.29, 0.717) is 31.9 Å². The molecule has 2 saturated heterocycles. The minimum Gasteiger partial charge on any atom is -0.456 e. The molecule has 0 N–H and O–H groups in total. The van der Waals surface area contributed by atoms with Gasteiger partial charge < -0.3 is 14.5 Å². The highest BCUT2D eigenvalue weighted by Crippen LogP contribution is 2.38.